The molecule has 2 heterocycles. The van der Waals surface area contributed by atoms with Crippen molar-refractivity contribution in [1.82, 2.24) is 10.2 Å². The Bertz CT molecular complexity index is 475. The van der Waals surface area contributed by atoms with Gasteiger partial charge in [0, 0.05) is 29.7 Å². The predicted octanol–water partition coefficient (Wildman–Crippen LogP) is 2.48. The minimum Gasteiger partial charge on any atom is -0.342 e. The Morgan fingerprint density at radius 3 is 2.81 bits per heavy atom. The van der Waals surface area contributed by atoms with E-state index in [1.54, 1.807) is 0 Å². The molecule has 3 nitrogen and oxygen atoms in total. The Morgan fingerprint density at radius 2 is 2.14 bits per heavy atom. The zero-order valence-electron chi connectivity index (χ0n) is 12.6. The van der Waals surface area contributed by atoms with Crippen LogP contribution in [0.3, 0.4) is 0 Å². The van der Waals surface area contributed by atoms with Crippen molar-refractivity contribution in [2.75, 3.05) is 31.9 Å². The van der Waals surface area contributed by atoms with E-state index in [1.165, 1.54) is 4.90 Å². The van der Waals surface area contributed by atoms with E-state index in [2.05, 4.69) is 47.5 Å². The lowest BCUT2D eigenvalue weighted by Gasteiger charge is -2.34. The highest BCUT2D eigenvalue weighted by Crippen LogP contribution is 2.28. The molecule has 114 valence electrons. The van der Waals surface area contributed by atoms with Crippen molar-refractivity contribution in [1.29, 1.82) is 0 Å². The zero-order chi connectivity index (χ0) is 14.7. The first kappa shape index (κ1) is 14.9. The van der Waals surface area contributed by atoms with E-state index in [4.69, 9.17) is 0 Å². The van der Waals surface area contributed by atoms with Crippen molar-refractivity contribution < 1.29 is 4.79 Å². The van der Waals surface area contributed by atoms with Crippen LogP contribution >= 0.6 is 11.8 Å². The largest absolute Gasteiger partial charge is 0.342 e. The lowest BCUT2D eigenvalue weighted by atomic mass is 9.88. The Labute approximate surface area is 131 Å². The molecule has 1 N–H and O–H groups in total. The summed E-state index contributed by atoms with van der Waals surface area (Å²) in [4.78, 5) is 15.9. The molecule has 2 atom stereocenters. The van der Waals surface area contributed by atoms with Crippen LogP contribution in [0, 0.1) is 17.8 Å². The normalized spacial score (nSPS) is 23.9. The van der Waals surface area contributed by atoms with Crippen LogP contribution in [0.1, 0.15) is 13.3 Å². The van der Waals surface area contributed by atoms with Crippen molar-refractivity contribution in [2.45, 2.75) is 18.2 Å². The maximum atomic E-state index is 12.5. The summed E-state index contributed by atoms with van der Waals surface area (Å²) in [5.74, 6) is 2.87. The summed E-state index contributed by atoms with van der Waals surface area (Å²) in [6, 6.07) is 10.5. The van der Waals surface area contributed by atoms with Crippen LogP contribution in [-0.2, 0) is 4.79 Å². The standard InChI is InChI=1S/C17H24N2OS/c1-13(15-9-18-10-15)17(20)19-8-7-14(11-19)12-21-16-5-3-2-4-6-16/h2-6,13-15,18H,7-12H2,1H3. The molecule has 0 saturated carbocycles. The molecule has 21 heavy (non-hydrogen) atoms. The number of carbonyl (C=O) groups is 1. The van der Waals surface area contributed by atoms with Crippen molar-refractivity contribution in [3.05, 3.63) is 30.3 Å². The van der Waals surface area contributed by atoms with Gasteiger partial charge in [-0.3, -0.25) is 4.79 Å². The smallest absolute Gasteiger partial charge is 0.225 e. The Hall–Kier alpha value is -1.00. The van der Waals surface area contributed by atoms with E-state index in [0.29, 0.717) is 17.7 Å². The molecule has 0 spiro atoms. The fraction of sp³-hybridized carbons (Fsp3) is 0.588. The molecule has 0 aliphatic carbocycles. The van der Waals surface area contributed by atoms with Crippen molar-refractivity contribution >= 4 is 17.7 Å². The fourth-order valence-electron chi connectivity index (χ4n) is 3.05. The van der Waals surface area contributed by atoms with Gasteiger partial charge in [0.15, 0.2) is 0 Å². The van der Waals surface area contributed by atoms with E-state index in [9.17, 15) is 4.79 Å². The second-order valence-electron chi connectivity index (χ2n) is 6.27. The summed E-state index contributed by atoms with van der Waals surface area (Å²) in [6.07, 6.45) is 1.15. The molecular weight excluding hydrogens is 280 g/mol. The molecule has 1 aromatic rings. The van der Waals surface area contributed by atoms with Crippen molar-refractivity contribution in [3.8, 4) is 0 Å². The SMILES string of the molecule is CC(C(=O)N1CCC(CSc2ccccc2)C1)C1CNC1. The summed E-state index contributed by atoms with van der Waals surface area (Å²) in [6.45, 7) is 6.01. The lowest BCUT2D eigenvalue weighted by molar-refractivity contribution is -0.136. The number of hydrogen-bond donors (Lipinski definition) is 1. The van der Waals surface area contributed by atoms with Crippen LogP contribution in [0.4, 0.5) is 0 Å². The Balaban J connectivity index is 1.45. The molecule has 0 bridgehead atoms. The van der Waals surface area contributed by atoms with Gasteiger partial charge < -0.3 is 10.2 Å². The van der Waals surface area contributed by atoms with Gasteiger partial charge in [0.1, 0.15) is 0 Å². The van der Waals surface area contributed by atoms with E-state index in [-0.39, 0.29) is 5.92 Å². The first-order valence-corrected chi connectivity index (χ1v) is 8.90. The van der Waals surface area contributed by atoms with Gasteiger partial charge in [0.25, 0.3) is 0 Å². The quantitative estimate of drug-likeness (QED) is 0.848. The third kappa shape index (κ3) is 3.61. The van der Waals surface area contributed by atoms with E-state index < -0.39 is 0 Å². The molecule has 0 radical (unpaired) electrons. The van der Waals surface area contributed by atoms with Gasteiger partial charge in [-0.15, -0.1) is 11.8 Å². The van der Waals surface area contributed by atoms with Gasteiger partial charge in [-0.05, 0) is 43.5 Å². The number of carbonyl (C=O) groups excluding carboxylic acids is 1. The van der Waals surface area contributed by atoms with Crippen LogP contribution in [0.5, 0.6) is 0 Å². The van der Waals surface area contributed by atoms with Gasteiger partial charge in [-0.2, -0.15) is 0 Å². The van der Waals surface area contributed by atoms with Gasteiger partial charge in [-0.1, -0.05) is 25.1 Å². The predicted molar refractivity (Wildman–Crippen MR) is 87.4 cm³/mol. The van der Waals surface area contributed by atoms with Crippen LogP contribution < -0.4 is 5.32 Å². The number of nitrogens with zero attached hydrogens (tertiary/aromatic N) is 1. The minimum absolute atomic E-state index is 0.187. The fourth-order valence-corrected chi connectivity index (χ4v) is 4.10. The van der Waals surface area contributed by atoms with Crippen LogP contribution in [-0.4, -0.2) is 42.7 Å². The maximum Gasteiger partial charge on any atom is 0.225 e. The number of thioether (sulfide) groups is 1. The first-order valence-electron chi connectivity index (χ1n) is 7.91. The molecule has 2 unspecified atom stereocenters. The average molecular weight is 304 g/mol. The van der Waals surface area contributed by atoms with Crippen molar-refractivity contribution in [2.24, 2.45) is 17.8 Å². The zero-order valence-corrected chi connectivity index (χ0v) is 13.4. The highest BCUT2D eigenvalue weighted by atomic mass is 32.2. The number of benzene rings is 1. The van der Waals surface area contributed by atoms with Gasteiger partial charge in [0.05, 0.1) is 0 Å². The molecule has 2 fully saturated rings. The summed E-state index contributed by atoms with van der Waals surface area (Å²) in [5.41, 5.74) is 0. The summed E-state index contributed by atoms with van der Waals surface area (Å²) in [7, 11) is 0. The Morgan fingerprint density at radius 1 is 1.38 bits per heavy atom. The topological polar surface area (TPSA) is 32.3 Å². The molecule has 2 saturated heterocycles. The summed E-state index contributed by atoms with van der Waals surface area (Å²) < 4.78 is 0. The molecule has 3 rings (SSSR count). The average Bonchev–Trinajstić information content (AvgIpc) is 2.92. The van der Waals surface area contributed by atoms with Crippen LogP contribution in [0.15, 0.2) is 35.2 Å². The Kier molecular flexibility index (Phi) is 4.86. The number of rotatable bonds is 5. The number of nitrogens with one attached hydrogen (secondary N) is 1. The van der Waals surface area contributed by atoms with Crippen LogP contribution in [0.25, 0.3) is 0 Å². The highest BCUT2D eigenvalue weighted by molar-refractivity contribution is 7.99. The second-order valence-corrected chi connectivity index (χ2v) is 7.36. The first-order chi connectivity index (χ1) is 10.2. The number of amides is 1. The third-order valence-electron chi connectivity index (χ3n) is 4.74. The monoisotopic (exact) mass is 304 g/mol. The van der Waals surface area contributed by atoms with Crippen molar-refractivity contribution in [3.63, 3.8) is 0 Å². The minimum atomic E-state index is 0.187. The second kappa shape index (κ2) is 6.84. The van der Waals surface area contributed by atoms with E-state index in [1.807, 2.05) is 11.8 Å². The molecule has 1 amide bonds. The molecule has 2 aliphatic heterocycles. The number of likely N-dealkylation sites (tertiary alicyclic amines) is 1. The van der Waals surface area contributed by atoms with Crippen LogP contribution in [0.2, 0.25) is 0 Å². The van der Waals surface area contributed by atoms with Gasteiger partial charge in [0.2, 0.25) is 5.91 Å². The van der Waals surface area contributed by atoms with Gasteiger partial charge >= 0.3 is 0 Å². The molecular formula is C17H24N2OS. The molecule has 2 aliphatic rings. The lowest BCUT2D eigenvalue weighted by Crippen LogP contribution is -2.50. The number of hydrogen-bond acceptors (Lipinski definition) is 3. The molecule has 0 aromatic heterocycles. The molecule has 4 heteroatoms. The van der Waals surface area contributed by atoms with E-state index >= 15 is 0 Å². The third-order valence-corrected chi connectivity index (χ3v) is 5.98. The molecule has 1 aromatic carbocycles. The highest BCUT2D eigenvalue weighted by Gasteiger charge is 2.34. The van der Waals surface area contributed by atoms with E-state index in [0.717, 1.165) is 38.4 Å². The summed E-state index contributed by atoms with van der Waals surface area (Å²) in [5, 5.41) is 3.26. The summed E-state index contributed by atoms with van der Waals surface area (Å²) >= 11 is 1.91. The maximum absolute atomic E-state index is 12.5. The van der Waals surface area contributed by atoms with Gasteiger partial charge in [-0.25, -0.2) is 0 Å².